The van der Waals surface area contributed by atoms with Gasteiger partial charge in [0.2, 0.25) is 0 Å². The molecule has 212 valence electrons. The Balaban J connectivity index is 2.38. The first kappa shape index (κ1) is 31.4. The largest absolute Gasteiger partial charge is 0.496 e. The van der Waals surface area contributed by atoms with Gasteiger partial charge in [0.25, 0.3) is 0 Å². The van der Waals surface area contributed by atoms with Crippen molar-refractivity contribution in [2.24, 2.45) is 21.9 Å². The Morgan fingerprint density at radius 3 is 2.47 bits per heavy atom. The number of unbranched alkanes of at least 4 members (excludes halogenated alkanes) is 2. The molecule has 5 N–H and O–H groups in total. The third-order valence-corrected chi connectivity index (χ3v) is 6.88. The van der Waals surface area contributed by atoms with Crippen molar-refractivity contribution in [3.05, 3.63) is 52.2 Å². The molecule has 0 aliphatic carbocycles. The number of rotatable bonds is 16. The number of aromatic nitrogens is 1. The van der Waals surface area contributed by atoms with Gasteiger partial charge in [-0.15, -0.1) is 0 Å². The first-order chi connectivity index (χ1) is 18.0. The molecule has 0 fully saturated rings. The molecular weight excluding hydrogens is 474 g/mol. The predicted molar refractivity (Wildman–Crippen MR) is 161 cm³/mol. The number of methoxy groups -OCH3 is 1. The van der Waals surface area contributed by atoms with Crippen LogP contribution >= 0.6 is 0 Å². The van der Waals surface area contributed by atoms with Crippen LogP contribution in [0.2, 0.25) is 0 Å². The number of hydrogen-bond acceptors (Lipinski definition) is 5. The Hall–Kier alpha value is -2.77. The van der Waals surface area contributed by atoms with Crippen molar-refractivity contribution in [3.63, 3.8) is 0 Å². The molecule has 0 spiro atoms. The quantitative estimate of drug-likeness (QED) is 0.176. The van der Waals surface area contributed by atoms with Crippen LogP contribution in [0, 0.1) is 5.41 Å². The molecule has 1 aromatic carbocycles. The maximum Gasteiger partial charge on any atom is 0.152 e. The van der Waals surface area contributed by atoms with Crippen LogP contribution < -0.4 is 32.1 Å². The molecule has 0 aliphatic rings. The zero-order valence-electron chi connectivity index (χ0n) is 24.8. The predicted octanol–water partition coefficient (Wildman–Crippen LogP) is 3.85. The summed E-state index contributed by atoms with van der Waals surface area (Å²) < 4.78 is 14.1. The number of nitrogens with zero attached hydrogens (tertiary/aromatic N) is 2. The van der Waals surface area contributed by atoms with Gasteiger partial charge in [0.15, 0.2) is 5.82 Å². The molecule has 0 radical (unpaired) electrons. The molecular formula is C31H51N5O2. The Labute approximate surface area is 230 Å². The van der Waals surface area contributed by atoms with Crippen molar-refractivity contribution in [3.8, 4) is 5.75 Å². The van der Waals surface area contributed by atoms with Crippen LogP contribution in [-0.2, 0) is 16.7 Å². The molecule has 7 heteroatoms. The minimum atomic E-state index is -0.175. The van der Waals surface area contributed by atoms with Gasteiger partial charge in [-0.2, -0.15) is 0 Å². The van der Waals surface area contributed by atoms with Crippen LogP contribution in [0.25, 0.3) is 12.4 Å². The minimum Gasteiger partial charge on any atom is -0.496 e. The first-order valence-corrected chi connectivity index (χ1v) is 13.9. The molecule has 38 heavy (non-hydrogen) atoms. The van der Waals surface area contributed by atoms with Crippen molar-refractivity contribution in [1.82, 2.24) is 9.88 Å². The first-order valence-electron chi connectivity index (χ1n) is 13.9. The topological polar surface area (TPSA) is 99.8 Å². The zero-order chi connectivity index (χ0) is 28.3. The zero-order valence-corrected chi connectivity index (χ0v) is 24.8. The van der Waals surface area contributed by atoms with Crippen molar-refractivity contribution >= 4 is 18.2 Å². The summed E-state index contributed by atoms with van der Waals surface area (Å²) in [5.74, 6) is 2.21. The van der Waals surface area contributed by atoms with Crippen LogP contribution in [-0.4, -0.2) is 43.8 Å². The monoisotopic (exact) mass is 525 g/mol. The molecule has 1 heterocycles. The number of benzene rings is 1. The number of aliphatic imine (C=N–C) groups is 1. The second-order valence-electron chi connectivity index (χ2n) is 11.5. The van der Waals surface area contributed by atoms with Gasteiger partial charge >= 0.3 is 0 Å². The smallest absolute Gasteiger partial charge is 0.152 e. The number of amidine groups is 1. The Morgan fingerprint density at radius 1 is 1.11 bits per heavy atom. The van der Waals surface area contributed by atoms with E-state index in [1.807, 2.05) is 19.2 Å². The van der Waals surface area contributed by atoms with E-state index in [1.165, 1.54) is 18.4 Å². The van der Waals surface area contributed by atoms with Crippen molar-refractivity contribution in [2.45, 2.75) is 79.2 Å². The summed E-state index contributed by atoms with van der Waals surface area (Å²) in [6, 6.07) is 8.46. The number of nitrogens with one attached hydrogen (secondary N) is 1. The second-order valence-corrected chi connectivity index (χ2v) is 11.5. The van der Waals surface area contributed by atoms with E-state index >= 15 is 0 Å². The fourth-order valence-corrected chi connectivity index (χ4v) is 4.12. The van der Waals surface area contributed by atoms with E-state index in [0.29, 0.717) is 38.6 Å². The van der Waals surface area contributed by atoms with Crippen LogP contribution in [0.4, 0.5) is 0 Å². The highest BCUT2D eigenvalue weighted by Crippen LogP contribution is 2.30. The molecule has 2 aromatic rings. The van der Waals surface area contributed by atoms with E-state index in [1.54, 1.807) is 7.11 Å². The van der Waals surface area contributed by atoms with Crippen LogP contribution in [0.5, 0.6) is 5.75 Å². The van der Waals surface area contributed by atoms with Gasteiger partial charge in [-0.25, -0.2) is 4.99 Å². The Kier molecular flexibility index (Phi) is 11.9. The van der Waals surface area contributed by atoms with Gasteiger partial charge in [0.1, 0.15) is 11.6 Å². The number of hydrogen-bond donors (Lipinski definition) is 3. The number of ether oxygens (including phenoxy) is 2. The summed E-state index contributed by atoms with van der Waals surface area (Å²) in [5.41, 5.74) is 14.0. The summed E-state index contributed by atoms with van der Waals surface area (Å²) in [6.45, 7) is 20.4. The third-order valence-electron chi connectivity index (χ3n) is 6.88. The molecule has 0 amide bonds. The standard InChI is InChI=1S/C31H51N5O2/c1-9-11-12-16-34-29(35-27(33)10-2)28-23(3)15-17-36(28)19-24-13-14-25(18-26(24)37-8)31(6,7)22-38-21-30(4,5)20-32/h13-15,17-18,34H,3,9-12,16,19-22,32H2,1-2,4-8H3,(H2,33,35)/b29-28+. The normalized spacial score (nSPS) is 13.5. The maximum absolute atomic E-state index is 6.16. The van der Waals surface area contributed by atoms with Gasteiger partial charge in [-0.05, 0) is 35.9 Å². The van der Waals surface area contributed by atoms with Gasteiger partial charge in [-0.3, -0.25) is 0 Å². The molecule has 2 rings (SSSR count). The van der Waals surface area contributed by atoms with Crippen LogP contribution in [0.1, 0.15) is 78.4 Å². The lowest BCUT2D eigenvalue weighted by molar-refractivity contribution is 0.0404. The van der Waals surface area contributed by atoms with E-state index in [0.717, 1.165) is 40.7 Å². The fourth-order valence-electron chi connectivity index (χ4n) is 4.12. The number of nitrogens with two attached hydrogens (primary N) is 2. The summed E-state index contributed by atoms with van der Waals surface area (Å²) >= 11 is 0. The lowest BCUT2D eigenvalue weighted by Crippen LogP contribution is -2.36. The molecule has 0 unspecified atom stereocenters. The van der Waals surface area contributed by atoms with Crippen molar-refractivity contribution in [1.29, 1.82) is 0 Å². The van der Waals surface area contributed by atoms with Gasteiger partial charge in [0, 0.05) is 35.6 Å². The van der Waals surface area contributed by atoms with Gasteiger partial charge in [0.05, 0.1) is 32.2 Å². The Bertz CT molecular complexity index is 1160. The maximum atomic E-state index is 6.16. The lowest BCUT2D eigenvalue weighted by Gasteiger charge is -2.29. The highest BCUT2D eigenvalue weighted by molar-refractivity contribution is 5.83. The lowest BCUT2D eigenvalue weighted by atomic mass is 9.84. The van der Waals surface area contributed by atoms with Gasteiger partial charge < -0.3 is 30.8 Å². The highest BCUT2D eigenvalue weighted by Gasteiger charge is 2.24. The summed E-state index contributed by atoms with van der Waals surface area (Å²) in [4.78, 5) is 4.73. The molecule has 0 aliphatic heterocycles. The third kappa shape index (κ3) is 8.91. The van der Waals surface area contributed by atoms with Crippen LogP contribution in [0.3, 0.4) is 0 Å². The van der Waals surface area contributed by atoms with E-state index in [4.69, 9.17) is 25.9 Å². The van der Waals surface area contributed by atoms with Crippen LogP contribution in [0.15, 0.2) is 35.5 Å². The molecule has 0 saturated heterocycles. The summed E-state index contributed by atoms with van der Waals surface area (Å²) in [7, 11) is 1.72. The molecule has 0 atom stereocenters. The average molecular weight is 526 g/mol. The summed E-state index contributed by atoms with van der Waals surface area (Å²) in [6.07, 6.45) is 6.15. The summed E-state index contributed by atoms with van der Waals surface area (Å²) in [5, 5.41) is 5.37. The molecule has 7 nitrogen and oxygen atoms in total. The van der Waals surface area contributed by atoms with Gasteiger partial charge in [-0.1, -0.05) is 73.1 Å². The second kappa shape index (κ2) is 14.4. The molecule has 0 saturated carbocycles. The van der Waals surface area contributed by atoms with E-state index in [-0.39, 0.29) is 10.8 Å². The Morgan fingerprint density at radius 2 is 1.84 bits per heavy atom. The average Bonchev–Trinajstić information content (AvgIpc) is 3.25. The highest BCUT2D eigenvalue weighted by atomic mass is 16.5. The van der Waals surface area contributed by atoms with E-state index < -0.39 is 0 Å². The van der Waals surface area contributed by atoms with Crippen molar-refractivity contribution < 1.29 is 9.47 Å². The molecule has 1 aromatic heterocycles. The van der Waals surface area contributed by atoms with E-state index in [2.05, 4.69) is 69.3 Å². The minimum absolute atomic E-state index is 0.0361. The van der Waals surface area contributed by atoms with E-state index in [9.17, 15) is 0 Å². The van der Waals surface area contributed by atoms with Crippen molar-refractivity contribution in [2.75, 3.05) is 33.4 Å². The molecule has 0 bridgehead atoms. The SMILES string of the molecule is C=c1ccn(Cc2ccc(C(C)(C)COCC(C)(C)CN)cc2OC)/c1=C(/N=C(/N)CC)NCCCCC. The fraction of sp³-hybridized carbons (Fsp3) is 0.581.